The standard InChI is InChI=1S/C19H16ClNO4/c1-11-7-3-5-9-13(11)17(22)24-19-16(15(20)18(23)25-19)21-14-10-6-4-8-12(14)2/h3-10,19,21H,1-2H3/t19-/m1/s1. The molecule has 1 aliphatic heterocycles. The van der Waals surface area contributed by atoms with Crippen molar-refractivity contribution in [1.29, 1.82) is 0 Å². The van der Waals surface area contributed by atoms with Crippen molar-refractivity contribution < 1.29 is 19.1 Å². The van der Waals surface area contributed by atoms with E-state index in [1.54, 1.807) is 25.1 Å². The molecule has 0 fully saturated rings. The third-order valence-corrected chi connectivity index (χ3v) is 4.22. The van der Waals surface area contributed by atoms with Gasteiger partial charge in [-0.3, -0.25) is 0 Å². The molecule has 1 atom stereocenters. The van der Waals surface area contributed by atoms with Crippen molar-refractivity contribution >= 4 is 29.2 Å². The number of nitrogens with one attached hydrogen (secondary N) is 1. The first-order valence-corrected chi connectivity index (χ1v) is 8.05. The van der Waals surface area contributed by atoms with E-state index in [9.17, 15) is 9.59 Å². The Kier molecular flexibility index (Phi) is 4.76. The summed E-state index contributed by atoms with van der Waals surface area (Å²) >= 11 is 6.04. The van der Waals surface area contributed by atoms with Crippen LogP contribution in [0.15, 0.2) is 59.3 Å². The van der Waals surface area contributed by atoms with E-state index in [1.807, 2.05) is 37.3 Å². The van der Waals surface area contributed by atoms with Gasteiger partial charge in [0.15, 0.2) is 5.03 Å². The summed E-state index contributed by atoms with van der Waals surface area (Å²) in [5, 5.41) is 2.90. The average Bonchev–Trinajstić information content (AvgIpc) is 2.84. The summed E-state index contributed by atoms with van der Waals surface area (Å²) in [6.45, 7) is 3.70. The van der Waals surface area contributed by atoms with Gasteiger partial charge in [-0.05, 0) is 37.1 Å². The summed E-state index contributed by atoms with van der Waals surface area (Å²) in [6.07, 6.45) is -1.22. The number of esters is 2. The molecule has 0 unspecified atom stereocenters. The smallest absolute Gasteiger partial charge is 0.355 e. The van der Waals surface area contributed by atoms with E-state index < -0.39 is 18.2 Å². The molecular weight excluding hydrogens is 342 g/mol. The van der Waals surface area contributed by atoms with E-state index in [-0.39, 0.29) is 10.7 Å². The van der Waals surface area contributed by atoms with Crippen LogP contribution < -0.4 is 5.32 Å². The highest BCUT2D eigenvalue weighted by Gasteiger charge is 2.37. The van der Waals surface area contributed by atoms with E-state index in [0.717, 1.165) is 16.8 Å². The summed E-state index contributed by atoms with van der Waals surface area (Å²) in [7, 11) is 0. The highest BCUT2D eigenvalue weighted by atomic mass is 35.5. The molecule has 2 aromatic carbocycles. The molecule has 128 valence electrons. The molecule has 2 aromatic rings. The Morgan fingerprint density at radius 2 is 1.72 bits per heavy atom. The van der Waals surface area contributed by atoms with E-state index >= 15 is 0 Å². The van der Waals surface area contributed by atoms with Gasteiger partial charge >= 0.3 is 11.9 Å². The molecule has 0 aliphatic carbocycles. The number of carbonyl (C=O) groups is 2. The molecule has 0 bridgehead atoms. The number of rotatable bonds is 4. The number of ether oxygens (including phenoxy) is 2. The van der Waals surface area contributed by atoms with Gasteiger partial charge in [0.1, 0.15) is 5.70 Å². The van der Waals surface area contributed by atoms with Crippen molar-refractivity contribution in [3.05, 3.63) is 76.0 Å². The monoisotopic (exact) mass is 357 g/mol. The van der Waals surface area contributed by atoms with Crippen molar-refractivity contribution in [2.45, 2.75) is 20.1 Å². The molecule has 3 rings (SSSR count). The molecule has 0 saturated heterocycles. The number of anilines is 1. The quantitative estimate of drug-likeness (QED) is 0.840. The number of para-hydroxylation sites is 1. The average molecular weight is 358 g/mol. The summed E-state index contributed by atoms with van der Waals surface area (Å²) < 4.78 is 10.4. The lowest BCUT2D eigenvalue weighted by molar-refractivity contribution is -0.152. The third kappa shape index (κ3) is 3.51. The SMILES string of the molecule is Cc1ccccc1NC1=C(Cl)C(=O)O[C@H]1OC(=O)c1ccccc1C. The van der Waals surface area contributed by atoms with Crippen molar-refractivity contribution in [2.24, 2.45) is 0 Å². The lowest BCUT2D eigenvalue weighted by Gasteiger charge is -2.17. The number of aryl methyl sites for hydroxylation is 2. The number of halogens is 1. The Bertz CT molecular complexity index is 875. The second-order valence-corrected chi connectivity index (χ2v) is 6.00. The highest BCUT2D eigenvalue weighted by Crippen LogP contribution is 2.29. The molecule has 1 heterocycles. The van der Waals surface area contributed by atoms with E-state index in [2.05, 4.69) is 5.32 Å². The molecule has 0 spiro atoms. The van der Waals surface area contributed by atoms with Gasteiger partial charge in [0, 0.05) is 5.69 Å². The number of hydrogen-bond acceptors (Lipinski definition) is 5. The molecule has 5 nitrogen and oxygen atoms in total. The molecule has 0 saturated carbocycles. The zero-order valence-electron chi connectivity index (χ0n) is 13.7. The Balaban J connectivity index is 1.84. The molecule has 25 heavy (non-hydrogen) atoms. The van der Waals surface area contributed by atoms with Gasteiger partial charge < -0.3 is 14.8 Å². The van der Waals surface area contributed by atoms with Gasteiger partial charge in [0.05, 0.1) is 5.56 Å². The first-order chi connectivity index (χ1) is 12.0. The number of carbonyl (C=O) groups excluding carboxylic acids is 2. The molecule has 0 amide bonds. The van der Waals surface area contributed by atoms with Crippen LogP contribution in [0.1, 0.15) is 21.5 Å². The van der Waals surface area contributed by atoms with E-state index in [0.29, 0.717) is 5.56 Å². The van der Waals surface area contributed by atoms with Crippen LogP contribution in [0.25, 0.3) is 0 Å². The van der Waals surface area contributed by atoms with Gasteiger partial charge in [-0.1, -0.05) is 48.0 Å². The summed E-state index contributed by atoms with van der Waals surface area (Å²) in [5.41, 5.74) is 3.06. The molecule has 6 heteroatoms. The maximum Gasteiger partial charge on any atom is 0.355 e. The lowest BCUT2D eigenvalue weighted by atomic mass is 10.1. The molecule has 1 N–H and O–H groups in total. The lowest BCUT2D eigenvalue weighted by Crippen LogP contribution is -2.24. The van der Waals surface area contributed by atoms with Crippen LogP contribution in [0.2, 0.25) is 0 Å². The van der Waals surface area contributed by atoms with Gasteiger partial charge in [0.2, 0.25) is 0 Å². The highest BCUT2D eigenvalue weighted by molar-refractivity contribution is 6.42. The fourth-order valence-electron chi connectivity index (χ4n) is 2.44. The van der Waals surface area contributed by atoms with Crippen molar-refractivity contribution in [2.75, 3.05) is 5.32 Å². The van der Waals surface area contributed by atoms with E-state index in [4.69, 9.17) is 21.1 Å². The number of cyclic esters (lactones) is 1. The fraction of sp³-hybridized carbons (Fsp3) is 0.158. The van der Waals surface area contributed by atoms with Crippen LogP contribution >= 0.6 is 11.6 Å². The predicted molar refractivity (Wildman–Crippen MR) is 94.2 cm³/mol. The third-order valence-electron chi connectivity index (χ3n) is 3.86. The topological polar surface area (TPSA) is 64.6 Å². The van der Waals surface area contributed by atoms with Crippen LogP contribution in [-0.4, -0.2) is 18.2 Å². The predicted octanol–water partition coefficient (Wildman–Crippen LogP) is 3.91. The Labute approximate surface area is 150 Å². The maximum absolute atomic E-state index is 12.4. The van der Waals surface area contributed by atoms with Crippen molar-refractivity contribution in [3.63, 3.8) is 0 Å². The van der Waals surface area contributed by atoms with Crippen LogP contribution in [0.4, 0.5) is 5.69 Å². The van der Waals surface area contributed by atoms with Gasteiger partial charge in [-0.15, -0.1) is 0 Å². The van der Waals surface area contributed by atoms with Crippen molar-refractivity contribution in [3.8, 4) is 0 Å². The minimum atomic E-state index is -1.22. The molecule has 0 radical (unpaired) electrons. The van der Waals surface area contributed by atoms with Crippen LogP contribution in [0, 0.1) is 13.8 Å². The summed E-state index contributed by atoms with van der Waals surface area (Å²) in [5.74, 6) is -1.33. The number of hydrogen-bond donors (Lipinski definition) is 1. The zero-order chi connectivity index (χ0) is 18.0. The van der Waals surface area contributed by atoms with Crippen molar-refractivity contribution in [1.82, 2.24) is 0 Å². The van der Waals surface area contributed by atoms with Gasteiger partial charge in [0.25, 0.3) is 6.29 Å². The Morgan fingerprint density at radius 1 is 1.08 bits per heavy atom. The normalized spacial score (nSPS) is 16.6. The molecule has 1 aliphatic rings. The first-order valence-electron chi connectivity index (χ1n) is 7.67. The minimum Gasteiger partial charge on any atom is -0.415 e. The van der Waals surface area contributed by atoms with Crippen LogP contribution in [-0.2, 0) is 14.3 Å². The minimum absolute atomic E-state index is 0.133. The number of benzene rings is 2. The maximum atomic E-state index is 12.4. The molecule has 0 aromatic heterocycles. The van der Waals surface area contributed by atoms with E-state index in [1.165, 1.54) is 0 Å². The zero-order valence-corrected chi connectivity index (χ0v) is 14.5. The summed E-state index contributed by atoms with van der Waals surface area (Å²) in [4.78, 5) is 24.2. The van der Waals surface area contributed by atoms with Gasteiger partial charge in [-0.2, -0.15) is 0 Å². The first kappa shape index (κ1) is 17.0. The Morgan fingerprint density at radius 3 is 2.40 bits per heavy atom. The van der Waals surface area contributed by atoms with Gasteiger partial charge in [-0.25, -0.2) is 9.59 Å². The summed E-state index contributed by atoms with van der Waals surface area (Å²) in [6, 6.07) is 14.5. The van der Waals surface area contributed by atoms with Crippen LogP contribution in [0.5, 0.6) is 0 Å². The second-order valence-electron chi connectivity index (χ2n) is 5.63. The second kappa shape index (κ2) is 6.99. The molecular formula is C19H16ClNO4. The largest absolute Gasteiger partial charge is 0.415 e. The Hall–Kier alpha value is -2.79. The van der Waals surface area contributed by atoms with Crippen LogP contribution in [0.3, 0.4) is 0 Å². The fourth-order valence-corrected chi connectivity index (χ4v) is 2.62.